The minimum Gasteiger partial charge on any atom is -0.399 e. The zero-order valence-corrected chi connectivity index (χ0v) is 12.0. The molecule has 3 N–H and O–H groups in total. The molecule has 0 bridgehead atoms. The Morgan fingerprint density at radius 1 is 0.750 bits per heavy atom. The minimum atomic E-state index is 0.816. The van der Waals surface area contributed by atoms with E-state index in [0.29, 0.717) is 0 Å². The number of nitrogens with one attached hydrogen (secondary N) is 1. The van der Waals surface area contributed by atoms with Crippen LogP contribution in [0.3, 0.4) is 0 Å². The van der Waals surface area contributed by atoms with Gasteiger partial charge in [0.2, 0.25) is 0 Å². The van der Waals surface area contributed by atoms with Gasteiger partial charge in [-0.25, -0.2) is 0 Å². The summed E-state index contributed by atoms with van der Waals surface area (Å²) in [6, 6.07) is 18.7. The second-order valence-corrected chi connectivity index (χ2v) is 5.20. The summed E-state index contributed by atoms with van der Waals surface area (Å²) in [7, 11) is 0. The van der Waals surface area contributed by atoms with Crippen LogP contribution in [0.5, 0.6) is 0 Å². The number of anilines is 2. The molecule has 20 heavy (non-hydrogen) atoms. The molecule has 2 nitrogen and oxygen atoms in total. The van der Waals surface area contributed by atoms with Gasteiger partial charge in [-0.3, -0.25) is 0 Å². The van der Waals surface area contributed by atoms with Crippen LogP contribution in [0.2, 0.25) is 0 Å². The van der Waals surface area contributed by atoms with Crippen molar-refractivity contribution in [1.82, 2.24) is 0 Å². The zero-order valence-electron chi connectivity index (χ0n) is 12.0. The molecular weight excluding hydrogens is 244 g/mol. The van der Waals surface area contributed by atoms with E-state index < -0.39 is 0 Å². The molecule has 0 unspecified atom stereocenters. The van der Waals surface area contributed by atoms with Crippen LogP contribution in [0.15, 0.2) is 54.6 Å². The molecule has 2 aromatic rings. The molecule has 0 fully saturated rings. The Morgan fingerprint density at radius 3 is 2.20 bits per heavy atom. The number of aryl methyl sites for hydroxylation is 1. The summed E-state index contributed by atoms with van der Waals surface area (Å²) in [5, 5.41) is 3.42. The summed E-state index contributed by atoms with van der Waals surface area (Å²) < 4.78 is 0. The summed E-state index contributed by atoms with van der Waals surface area (Å²) in [6.45, 7) is 1.04. The summed E-state index contributed by atoms with van der Waals surface area (Å²) in [5.74, 6) is 0. The molecule has 2 rings (SSSR count). The number of unbranched alkanes of at least 4 members (excludes halogenated alkanes) is 3. The molecule has 0 aromatic heterocycles. The predicted octanol–water partition coefficient (Wildman–Crippen LogP) is 4.48. The number of benzene rings is 2. The maximum absolute atomic E-state index is 5.66. The van der Waals surface area contributed by atoms with Crippen molar-refractivity contribution in [3.05, 3.63) is 60.2 Å². The quantitative estimate of drug-likeness (QED) is 0.547. The summed E-state index contributed by atoms with van der Waals surface area (Å²) in [4.78, 5) is 0. The van der Waals surface area contributed by atoms with Crippen LogP contribution in [0.25, 0.3) is 0 Å². The second-order valence-electron chi connectivity index (χ2n) is 5.20. The molecule has 106 valence electrons. The van der Waals surface area contributed by atoms with Crippen LogP contribution in [0.1, 0.15) is 31.2 Å². The molecule has 0 radical (unpaired) electrons. The van der Waals surface area contributed by atoms with E-state index in [2.05, 4.69) is 35.6 Å². The molecule has 0 spiro atoms. The molecule has 0 aliphatic rings. The normalized spacial score (nSPS) is 10.4. The van der Waals surface area contributed by atoms with E-state index >= 15 is 0 Å². The highest BCUT2D eigenvalue weighted by atomic mass is 14.9. The lowest BCUT2D eigenvalue weighted by Crippen LogP contribution is -2.01. The van der Waals surface area contributed by atoms with Gasteiger partial charge in [0.15, 0.2) is 0 Å². The Labute approximate surface area is 122 Å². The van der Waals surface area contributed by atoms with Gasteiger partial charge < -0.3 is 11.1 Å². The number of hydrogen-bond acceptors (Lipinski definition) is 2. The number of hydrogen-bond donors (Lipinski definition) is 2. The molecule has 0 amide bonds. The summed E-state index contributed by atoms with van der Waals surface area (Å²) in [6.07, 6.45) is 6.30. The number of nitrogens with two attached hydrogens (primary N) is 1. The van der Waals surface area contributed by atoms with Gasteiger partial charge >= 0.3 is 0 Å². The highest BCUT2D eigenvalue weighted by Crippen LogP contribution is 2.11. The predicted molar refractivity (Wildman–Crippen MR) is 88.0 cm³/mol. The second kappa shape index (κ2) is 8.26. The lowest BCUT2D eigenvalue weighted by Gasteiger charge is -2.06. The van der Waals surface area contributed by atoms with Crippen molar-refractivity contribution >= 4 is 11.4 Å². The Morgan fingerprint density at radius 2 is 1.45 bits per heavy atom. The van der Waals surface area contributed by atoms with Crippen molar-refractivity contribution < 1.29 is 0 Å². The van der Waals surface area contributed by atoms with Crippen LogP contribution in [-0.2, 0) is 6.42 Å². The van der Waals surface area contributed by atoms with Crippen LogP contribution < -0.4 is 11.1 Å². The molecule has 0 saturated carbocycles. The highest BCUT2D eigenvalue weighted by Gasteiger charge is 1.94. The van der Waals surface area contributed by atoms with E-state index in [-0.39, 0.29) is 0 Å². The molecule has 2 heteroatoms. The first-order valence-electron chi connectivity index (χ1n) is 7.48. The van der Waals surface area contributed by atoms with Crippen molar-refractivity contribution in [2.45, 2.75) is 32.1 Å². The van der Waals surface area contributed by atoms with Gasteiger partial charge in [-0.1, -0.05) is 43.2 Å². The Kier molecular flexibility index (Phi) is 5.97. The fourth-order valence-electron chi connectivity index (χ4n) is 2.29. The molecular formula is C18H24N2. The third-order valence-corrected chi connectivity index (χ3v) is 3.47. The van der Waals surface area contributed by atoms with Crippen molar-refractivity contribution in [1.29, 1.82) is 0 Å². The lowest BCUT2D eigenvalue weighted by molar-refractivity contribution is 0.654. The van der Waals surface area contributed by atoms with Crippen molar-refractivity contribution in [2.24, 2.45) is 0 Å². The molecule has 0 atom stereocenters. The van der Waals surface area contributed by atoms with Gasteiger partial charge in [-0.2, -0.15) is 0 Å². The minimum absolute atomic E-state index is 0.816. The summed E-state index contributed by atoms with van der Waals surface area (Å²) >= 11 is 0. The van der Waals surface area contributed by atoms with Gasteiger partial charge in [-0.15, -0.1) is 0 Å². The zero-order chi connectivity index (χ0) is 14.0. The van der Waals surface area contributed by atoms with Gasteiger partial charge in [0.1, 0.15) is 0 Å². The molecule has 0 aliphatic carbocycles. The smallest absolute Gasteiger partial charge is 0.0341 e. The van der Waals surface area contributed by atoms with E-state index in [4.69, 9.17) is 5.73 Å². The first-order chi connectivity index (χ1) is 9.84. The Hall–Kier alpha value is -1.96. The number of nitrogen functional groups attached to an aromatic ring is 1. The fraction of sp³-hybridized carbons (Fsp3) is 0.333. The van der Waals surface area contributed by atoms with E-state index in [0.717, 1.165) is 17.9 Å². The topological polar surface area (TPSA) is 38.0 Å². The van der Waals surface area contributed by atoms with Crippen molar-refractivity contribution in [3.63, 3.8) is 0 Å². The highest BCUT2D eigenvalue weighted by molar-refractivity contribution is 5.51. The van der Waals surface area contributed by atoms with Crippen LogP contribution in [-0.4, -0.2) is 6.54 Å². The first kappa shape index (κ1) is 14.4. The van der Waals surface area contributed by atoms with E-state index in [1.807, 2.05) is 24.3 Å². The van der Waals surface area contributed by atoms with Gasteiger partial charge in [0.05, 0.1) is 0 Å². The fourth-order valence-corrected chi connectivity index (χ4v) is 2.29. The standard InChI is InChI=1S/C18H24N2/c19-17-11-13-18(14-12-17)20-15-7-2-1-4-8-16-9-5-3-6-10-16/h3,5-6,9-14,20H,1-2,4,7-8,15,19H2. The largest absolute Gasteiger partial charge is 0.399 e. The molecule has 0 heterocycles. The van der Waals surface area contributed by atoms with E-state index in [9.17, 15) is 0 Å². The van der Waals surface area contributed by atoms with Gasteiger partial charge in [-0.05, 0) is 49.1 Å². The Balaban J connectivity index is 1.51. The summed E-state index contributed by atoms with van der Waals surface area (Å²) in [5.41, 5.74) is 9.08. The maximum Gasteiger partial charge on any atom is 0.0341 e. The van der Waals surface area contributed by atoms with Crippen molar-refractivity contribution in [2.75, 3.05) is 17.6 Å². The average Bonchev–Trinajstić information content (AvgIpc) is 2.49. The first-order valence-corrected chi connectivity index (χ1v) is 7.48. The average molecular weight is 268 g/mol. The molecule has 0 aliphatic heterocycles. The molecule has 0 saturated heterocycles. The third kappa shape index (κ3) is 5.35. The monoisotopic (exact) mass is 268 g/mol. The van der Waals surface area contributed by atoms with Crippen LogP contribution in [0.4, 0.5) is 11.4 Å². The lowest BCUT2D eigenvalue weighted by atomic mass is 10.1. The van der Waals surface area contributed by atoms with Crippen LogP contribution in [0, 0.1) is 0 Å². The third-order valence-electron chi connectivity index (χ3n) is 3.47. The van der Waals surface area contributed by atoms with Crippen LogP contribution >= 0.6 is 0 Å². The van der Waals surface area contributed by atoms with Gasteiger partial charge in [0, 0.05) is 17.9 Å². The van der Waals surface area contributed by atoms with E-state index in [1.165, 1.54) is 37.7 Å². The maximum atomic E-state index is 5.66. The van der Waals surface area contributed by atoms with E-state index in [1.54, 1.807) is 0 Å². The SMILES string of the molecule is Nc1ccc(NCCCCCCc2ccccc2)cc1. The molecule has 2 aromatic carbocycles. The van der Waals surface area contributed by atoms with Crippen molar-refractivity contribution in [3.8, 4) is 0 Å². The number of rotatable bonds is 8. The van der Waals surface area contributed by atoms with Gasteiger partial charge in [0.25, 0.3) is 0 Å². The Bertz CT molecular complexity index is 477.